The summed E-state index contributed by atoms with van der Waals surface area (Å²) >= 11 is 13.4. The van der Waals surface area contributed by atoms with E-state index >= 15 is 0 Å². The van der Waals surface area contributed by atoms with Crippen LogP contribution in [0.25, 0.3) is 0 Å². The van der Waals surface area contributed by atoms with E-state index in [0.717, 1.165) is 17.7 Å². The van der Waals surface area contributed by atoms with Gasteiger partial charge in [-0.25, -0.2) is 0 Å². The predicted octanol–water partition coefficient (Wildman–Crippen LogP) is 3.07. The van der Waals surface area contributed by atoms with Crippen molar-refractivity contribution < 1.29 is 9.90 Å². The molecule has 0 bridgehead atoms. The number of carbonyl (C=O) groups is 1. The van der Waals surface area contributed by atoms with Crippen molar-refractivity contribution in [2.24, 2.45) is 5.92 Å². The van der Waals surface area contributed by atoms with Gasteiger partial charge in [0, 0.05) is 9.92 Å². The maximum Gasteiger partial charge on any atom is 0.233 e. The molecule has 2 fully saturated rings. The molecule has 0 spiro atoms. The predicted molar refractivity (Wildman–Crippen MR) is 81.4 cm³/mol. The van der Waals surface area contributed by atoms with Crippen LogP contribution < -0.4 is 0 Å². The highest BCUT2D eigenvalue weighted by molar-refractivity contribution is 8.00. The normalized spacial score (nSPS) is 20.6. The molecule has 1 heterocycles. The van der Waals surface area contributed by atoms with E-state index in [1.165, 1.54) is 11.8 Å². The van der Waals surface area contributed by atoms with Gasteiger partial charge in [-0.1, -0.05) is 23.2 Å². The topological polar surface area (TPSA) is 40.5 Å². The number of hydrogen-bond donors (Lipinski definition) is 1. The molecule has 1 aromatic rings. The second-order valence-corrected chi connectivity index (χ2v) is 7.35. The van der Waals surface area contributed by atoms with E-state index in [9.17, 15) is 9.90 Å². The minimum absolute atomic E-state index is 0.0383. The number of β-amino-alcohol motifs (C(OH)–C–C–N with tert-alkyl or cyclic N) is 1. The van der Waals surface area contributed by atoms with E-state index in [1.807, 2.05) is 0 Å². The number of rotatable bonds is 4. The molecule has 108 valence electrons. The molecule has 0 unspecified atom stereocenters. The quantitative estimate of drug-likeness (QED) is 0.862. The number of amides is 1. The van der Waals surface area contributed by atoms with Crippen LogP contribution in [0.4, 0.5) is 0 Å². The Labute approximate surface area is 132 Å². The van der Waals surface area contributed by atoms with Gasteiger partial charge in [-0.15, -0.1) is 11.8 Å². The number of likely N-dealkylation sites (tertiary alicyclic amines) is 1. The lowest BCUT2D eigenvalue weighted by Gasteiger charge is -2.47. The molecule has 0 aromatic heterocycles. The standard InChI is InChI=1S/C14H15Cl2NO2S/c15-10-3-4-11(16)12(5-10)20-6-13(18)17-7-14(19,8-17)9-1-2-9/h3-5,9,19H,1-2,6-8H2. The molecular formula is C14H15Cl2NO2S. The first-order valence-electron chi connectivity index (χ1n) is 6.56. The van der Waals surface area contributed by atoms with Crippen molar-refractivity contribution in [3.63, 3.8) is 0 Å². The summed E-state index contributed by atoms with van der Waals surface area (Å²) in [5.41, 5.74) is -0.617. The Balaban J connectivity index is 1.51. The van der Waals surface area contributed by atoms with Gasteiger partial charge in [-0.3, -0.25) is 4.79 Å². The number of thioether (sulfide) groups is 1. The van der Waals surface area contributed by atoms with Crippen LogP contribution in [0.2, 0.25) is 10.0 Å². The van der Waals surface area contributed by atoms with Gasteiger partial charge in [0.25, 0.3) is 0 Å². The van der Waals surface area contributed by atoms with E-state index in [-0.39, 0.29) is 5.91 Å². The monoisotopic (exact) mass is 331 g/mol. The third kappa shape index (κ3) is 2.93. The summed E-state index contributed by atoms with van der Waals surface area (Å²) in [5, 5.41) is 11.4. The summed E-state index contributed by atoms with van der Waals surface area (Å²) in [6.45, 7) is 0.945. The van der Waals surface area contributed by atoms with Gasteiger partial charge in [-0.2, -0.15) is 0 Å². The number of halogens is 2. The first kappa shape index (κ1) is 14.5. The Bertz CT molecular complexity index is 542. The van der Waals surface area contributed by atoms with Gasteiger partial charge in [0.2, 0.25) is 5.91 Å². The van der Waals surface area contributed by atoms with Crippen molar-refractivity contribution in [1.29, 1.82) is 0 Å². The van der Waals surface area contributed by atoms with Gasteiger partial charge in [0.05, 0.1) is 23.9 Å². The van der Waals surface area contributed by atoms with Crippen molar-refractivity contribution in [2.45, 2.75) is 23.3 Å². The Morgan fingerprint density at radius 3 is 2.75 bits per heavy atom. The molecule has 1 saturated heterocycles. The second-order valence-electron chi connectivity index (χ2n) is 5.49. The molecule has 1 aliphatic heterocycles. The highest BCUT2D eigenvalue weighted by Gasteiger charge is 2.53. The Morgan fingerprint density at radius 1 is 1.40 bits per heavy atom. The van der Waals surface area contributed by atoms with E-state index in [0.29, 0.717) is 34.8 Å². The van der Waals surface area contributed by atoms with Crippen molar-refractivity contribution in [3.05, 3.63) is 28.2 Å². The average Bonchev–Trinajstić information content (AvgIpc) is 3.20. The summed E-state index contributed by atoms with van der Waals surface area (Å²) < 4.78 is 0. The van der Waals surface area contributed by atoms with Crippen molar-refractivity contribution in [3.8, 4) is 0 Å². The average molecular weight is 332 g/mol. The highest BCUT2D eigenvalue weighted by Crippen LogP contribution is 2.44. The molecule has 0 radical (unpaired) electrons. The number of carbonyl (C=O) groups excluding carboxylic acids is 1. The first-order valence-corrected chi connectivity index (χ1v) is 8.30. The first-order chi connectivity index (χ1) is 9.48. The molecule has 6 heteroatoms. The zero-order valence-corrected chi connectivity index (χ0v) is 13.1. The minimum atomic E-state index is -0.617. The number of benzene rings is 1. The smallest absolute Gasteiger partial charge is 0.233 e. The molecular weight excluding hydrogens is 317 g/mol. The van der Waals surface area contributed by atoms with Crippen LogP contribution in [0.15, 0.2) is 23.1 Å². The molecule has 3 rings (SSSR count). The summed E-state index contributed by atoms with van der Waals surface area (Å²) in [6.07, 6.45) is 2.18. The molecule has 0 atom stereocenters. The van der Waals surface area contributed by atoms with Crippen molar-refractivity contribution >= 4 is 40.9 Å². The fourth-order valence-corrected chi connectivity index (χ4v) is 3.88. The minimum Gasteiger partial charge on any atom is -0.386 e. The fraction of sp³-hybridized carbons (Fsp3) is 0.500. The molecule has 1 aromatic carbocycles. The molecule has 1 N–H and O–H groups in total. The Hall–Kier alpha value is -0.420. The van der Waals surface area contributed by atoms with Crippen molar-refractivity contribution in [2.75, 3.05) is 18.8 Å². The van der Waals surface area contributed by atoms with Gasteiger partial charge >= 0.3 is 0 Å². The van der Waals surface area contributed by atoms with Crippen LogP contribution in [0, 0.1) is 5.92 Å². The van der Waals surface area contributed by atoms with Crippen LogP contribution in [0.5, 0.6) is 0 Å². The van der Waals surface area contributed by atoms with E-state index in [4.69, 9.17) is 23.2 Å². The van der Waals surface area contributed by atoms with Crippen molar-refractivity contribution in [1.82, 2.24) is 4.90 Å². The van der Waals surface area contributed by atoms with Crippen LogP contribution in [-0.2, 0) is 4.79 Å². The van der Waals surface area contributed by atoms with Crippen LogP contribution in [0.3, 0.4) is 0 Å². The third-order valence-corrected chi connectivity index (χ3v) is 5.58. The maximum atomic E-state index is 12.0. The molecule has 3 nitrogen and oxygen atoms in total. The Morgan fingerprint density at radius 2 is 2.10 bits per heavy atom. The molecule has 2 aliphatic rings. The summed E-state index contributed by atoms with van der Waals surface area (Å²) in [4.78, 5) is 14.6. The SMILES string of the molecule is O=C(CSc1cc(Cl)ccc1Cl)N1CC(O)(C2CC2)C1. The molecule has 20 heavy (non-hydrogen) atoms. The summed E-state index contributed by atoms with van der Waals surface area (Å²) in [6, 6.07) is 5.21. The number of nitrogens with zero attached hydrogens (tertiary/aromatic N) is 1. The van der Waals surface area contributed by atoms with Crippen LogP contribution >= 0.6 is 35.0 Å². The lowest BCUT2D eigenvalue weighted by atomic mass is 9.89. The van der Waals surface area contributed by atoms with Gasteiger partial charge in [-0.05, 0) is 37.0 Å². The zero-order valence-electron chi connectivity index (χ0n) is 10.8. The molecule has 1 amide bonds. The van der Waals surface area contributed by atoms with Gasteiger partial charge < -0.3 is 10.0 Å². The zero-order chi connectivity index (χ0) is 14.3. The van der Waals surface area contributed by atoms with Gasteiger partial charge in [0.1, 0.15) is 5.60 Å². The third-order valence-electron chi connectivity index (χ3n) is 3.86. The van der Waals surface area contributed by atoms with E-state index < -0.39 is 5.60 Å². The van der Waals surface area contributed by atoms with E-state index in [1.54, 1.807) is 23.1 Å². The molecule has 1 aliphatic carbocycles. The van der Waals surface area contributed by atoms with Crippen LogP contribution in [0.1, 0.15) is 12.8 Å². The summed E-state index contributed by atoms with van der Waals surface area (Å²) in [7, 11) is 0. The highest BCUT2D eigenvalue weighted by atomic mass is 35.5. The largest absolute Gasteiger partial charge is 0.386 e. The maximum absolute atomic E-state index is 12.0. The number of hydrogen-bond acceptors (Lipinski definition) is 3. The fourth-order valence-electron chi connectivity index (χ4n) is 2.49. The number of aliphatic hydroxyl groups is 1. The summed E-state index contributed by atoms with van der Waals surface area (Å²) in [5.74, 6) is 0.763. The lowest BCUT2D eigenvalue weighted by Crippen LogP contribution is -2.65. The Kier molecular flexibility index (Phi) is 3.93. The van der Waals surface area contributed by atoms with Gasteiger partial charge in [0.15, 0.2) is 0 Å². The second kappa shape index (κ2) is 5.41. The van der Waals surface area contributed by atoms with E-state index in [2.05, 4.69) is 0 Å². The lowest BCUT2D eigenvalue weighted by molar-refractivity contribution is -0.156. The molecule has 1 saturated carbocycles. The van der Waals surface area contributed by atoms with Crippen LogP contribution in [-0.4, -0.2) is 40.4 Å².